The quantitative estimate of drug-likeness (QED) is 0.423. The molecule has 1 heterocycles. The van der Waals surface area contributed by atoms with E-state index in [1.54, 1.807) is 24.3 Å². The van der Waals surface area contributed by atoms with Crippen molar-refractivity contribution in [3.8, 4) is 5.75 Å². The summed E-state index contributed by atoms with van der Waals surface area (Å²) in [6.07, 6.45) is 1.64. The Labute approximate surface area is 209 Å². The molecule has 7 heteroatoms. The van der Waals surface area contributed by atoms with E-state index < -0.39 is 0 Å². The zero-order valence-electron chi connectivity index (χ0n) is 19.8. The number of ether oxygens (including phenoxy) is 1. The van der Waals surface area contributed by atoms with E-state index in [9.17, 15) is 14.4 Å². The summed E-state index contributed by atoms with van der Waals surface area (Å²) in [5.74, 6) is -0.183. The van der Waals surface area contributed by atoms with Crippen LogP contribution >= 0.6 is 11.8 Å². The Morgan fingerprint density at radius 3 is 2.46 bits per heavy atom. The molecule has 0 unspecified atom stereocenters. The van der Waals surface area contributed by atoms with Gasteiger partial charge in [-0.05, 0) is 73.5 Å². The standard InChI is InChI=1S/C28H26N2O4S/c1-18-8-11-21(12-9-18)16-30-27(32)25(35-28(30)33)15-22-6-4-5-7-24(22)34-17-26(31)29-23-13-10-19(2)20(3)14-23/h4-15H,16-17H2,1-3H3,(H,29,31)/b25-15-. The Morgan fingerprint density at radius 2 is 1.71 bits per heavy atom. The molecule has 4 rings (SSSR count). The van der Waals surface area contributed by atoms with Crippen LogP contribution in [0.4, 0.5) is 10.5 Å². The number of carbonyl (C=O) groups excluding carboxylic acids is 3. The van der Waals surface area contributed by atoms with Crippen molar-refractivity contribution in [1.29, 1.82) is 0 Å². The first-order chi connectivity index (χ1) is 16.8. The Hall–Kier alpha value is -3.84. The molecule has 35 heavy (non-hydrogen) atoms. The van der Waals surface area contributed by atoms with Crippen molar-refractivity contribution in [2.24, 2.45) is 0 Å². The molecular formula is C28H26N2O4S. The third-order valence-corrected chi connectivity index (χ3v) is 6.60. The average Bonchev–Trinajstić information content (AvgIpc) is 3.09. The second-order valence-electron chi connectivity index (χ2n) is 8.43. The van der Waals surface area contributed by atoms with Crippen LogP contribution in [0, 0.1) is 20.8 Å². The maximum Gasteiger partial charge on any atom is 0.293 e. The number of para-hydroxylation sites is 1. The van der Waals surface area contributed by atoms with Crippen LogP contribution in [0.15, 0.2) is 71.6 Å². The van der Waals surface area contributed by atoms with Gasteiger partial charge in [-0.3, -0.25) is 19.3 Å². The molecule has 0 spiro atoms. The minimum absolute atomic E-state index is 0.188. The predicted molar refractivity (Wildman–Crippen MR) is 139 cm³/mol. The molecule has 1 fully saturated rings. The topological polar surface area (TPSA) is 75.7 Å². The van der Waals surface area contributed by atoms with Crippen molar-refractivity contribution in [3.63, 3.8) is 0 Å². The number of amides is 3. The summed E-state index contributed by atoms with van der Waals surface area (Å²) < 4.78 is 5.76. The molecule has 0 atom stereocenters. The number of hydrogen-bond donors (Lipinski definition) is 1. The smallest absolute Gasteiger partial charge is 0.293 e. The van der Waals surface area contributed by atoms with Gasteiger partial charge in [0.25, 0.3) is 17.1 Å². The van der Waals surface area contributed by atoms with Crippen LogP contribution in [0.3, 0.4) is 0 Å². The van der Waals surface area contributed by atoms with Gasteiger partial charge in [0, 0.05) is 11.3 Å². The van der Waals surface area contributed by atoms with E-state index in [1.165, 1.54) is 4.90 Å². The molecule has 1 aliphatic heterocycles. The van der Waals surface area contributed by atoms with Gasteiger partial charge in [-0.1, -0.05) is 54.1 Å². The van der Waals surface area contributed by atoms with Gasteiger partial charge in [-0.15, -0.1) is 0 Å². The van der Waals surface area contributed by atoms with Gasteiger partial charge in [0.05, 0.1) is 11.4 Å². The van der Waals surface area contributed by atoms with Gasteiger partial charge in [0.2, 0.25) is 0 Å². The van der Waals surface area contributed by atoms with Crippen molar-refractivity contribution >= 4 is 40.6 Å². The molecule has 178 valence electrons. The number of imide groups is 1. The highest BCUT2D eigenvalue weighted by atomic mass is 32.2. The van der Waals surface area contributed by atoms with Crippen molar-refractivity contribution in [2.75, 3.05) is 11.9 Å². The molecule has 1 N–H and O–H groups in total. The number of benzene rings is 3. The van der Waals surface area contributed by atoms with Crippen LogP contribution in [-0.2, 0) is 16.1 Å². The van der Waals surface area contributed by atoms with Crippen LogP contribution in [0.1, 0.15) is 27.8 Å². The maximum absolute atomic E-state index is 12.9. The van der Waals surface area contributed by atoms with Crippen molar-refractivity contribution < 1.29 is 19.1 Å². The summed E-state index contributed by atoms with van der Waals surface area (Å²) in [7, 11) is 0. The van der Waals surface area contributed by atoms with Crippen LogP contribution < -0.4 is 10.1 Å². The third-order valence-electron chi connectivity index (χ3n) is 5.69. The number of aryl methyl sites for hydroxylation is 3. The number of rotatable bonds is 7. The van der Waals surface area contributed by atoms with E-state index in [0.29, 0.717) is 21.9 Å². The minimum Gasteiger partial charge on any atom is -0.483 e. The maximum atomic E-state index is 12.9. The molecule has 6 nitrogen and oxygen atoms in total. The van der Waals surface area contributed by atoms with Crippen LogP contribution in [0.2, 0.25) is 0 Å². The SMILES string of the molecule is Cc1ccc(CN2C(=O)S/C(=C\c3ccccc3OCC(=O)Nc3ccc(C)c(C)c3)C2=O)cc1. The Balaban J connectivity index is 1.43. The number of carbonyl (C=O) groups is 3. The van der Waals surface area contributed by atoms with E-state index >= 15 is 0 Å². The Bertz CT molecular complexity index is 1310. The van der Waals surface area contributed by atoms with Crippen LogP contribution in [0.5, 0.6) is 5.75 Å². The minimum atomic E-state index is -0.345. The molecule has 0 radical (unpaired) electrons. The fourth-order valence-corrected chi connectivity index (χ4v) is 4.37. The lowest BCUT2D eigenvalue weighted by molar-refractivity contribution is -0.123. The monoisotopic (exact) mass is 486 g/mol. The Morgan fingerprint density at radius 1 is 0.971 bits per heavy atom. The average molecular weight is 487 g/mol. The molecule has 3 aromatic rings. The molecule has 3 aromatic carbocycles. The van der Waals surface area contributed by atoms with E-state index in [-0.39, 0.29) is 30.2 Å². The van der Waals surface area contributed by atoms with Crippen molar-refractivity contribution in [2.45, 2.75) is 27.3 Å². The second-order valence-corrected chi connectivity index (χ2v) is 9.42. The van der Waals surface area contributed by atoms with E-state index in [1.807, 2.05) is 69.3 Å². The lowest BCUT2D eigenvalue weighted by Crippen LogP contribution is -2.27. The van der Waals surface area contributed by atoms with Crippen molar-refractivity contribution in [1.82, 2.24) is 4.90 Å². The Kier molecular flexibility index (Phi) is 7.36. The fourth-order valence-electron chi connectivity index (χ4n) is 3.54. The highest BCUT2D eigenvalue weighted by Gasteiger charge is 2.35. The van der Waals surface area contributed by atoms with E-state index in [2.05, 4.69) is 5.32 Å². The molecule has 1 saturated heterocycles. The zero-order valence-corrected chi connectivity index (χ0v) is 20.6. The predicted octanol–water partition coefficient (Wildman–Crippen LogP) is 5.87. The normalized spacial score (nSPS) is 14.5. The first kappa shape index (κ1) is 24.3. The lowest BCUT2D eigenvalue weighted by Gasteiger charge is -2.13. The molecule has 1 aliphatic rings. The summed E-state index contributed by atoms with van der Waals surface area (Å²) in [6.45, 7) is 6.02. The summed E-state index contributed by atoms with van der Waals surface area (Å²) in [4.78, 5) is 39.4. The number of nitrogens with one attached hydrogen (secondary N) is 1. The molecular weight excluding hydrogens is 460 g/mol. The number of nitrogens with zero attached hydrogens (tertiary/aromatic N) is 1. The van der Waals surface area contributed by atoms with E-state index in [4.69, 9.17) is 4.74 Å². The van der Waals surface area contributed by atoms with Gasteiger partial charge < -0.3 is 10.1 Å². The van der Waals surface area contributed by atoms with Crippen molar-refractivity contribution in [3.05, 3.63) is 99.5 Å². The zero-order chi connectivity index (χ0) is 24.9. The van der Waals surface area contributed by atoms with Crippen LogP contribution in [-0.4, -0.2) is 28.6 Å². The fraction of sp³-hybridized carbons (Fsp3) is 0.179. The highest BCUT2D eigenvalue weighted by molar-refractivity contribution is 8.18. The van der Waals surface area contributed by atoms with Gasteiger partial charge in [-0.25, -0.2) is 0 Å². The van der Waals surface area contributed by atoms with Gasteiger partial charge >= 0.3 is 0 Å². The highest BCUT2D eigenvalue weighted by Crippen LogP contribution is 2.35. The third kappa shape index (κ3) is 6.00. The van der Waals surface area contributed by atoms with E-state index in [0.717, 1.165) is 34.0 Å². The lowest BCUT2D eigenvalue weighted by atomic mass is 10.1. The first-order valence-electron chi connectivity index (χ1n) is 11.2. The second kappa shape index (κ2) is 10.6. The molecule has 3 amide bonds. The first-order valence-corrected chi connectivity index (χ1v) is 12.0. The summed E-state index contributed by atoms with van der Waals surface area (Å²) >= 11 is 0.900. The summed E-state index contributed by atoms with van der Waals surface area (Å²) in [5.41, 5.74) is 5.56. The largest absolute Gasteiger partial charge is 0.483 e. The molecule has 0 saturated carbocycles. The molecule has 0 aromatic heterocycles. The summed E-state index contributed by atoms with van der Waals surface area (Å²) in [6, 6.07) is 20.5. The summed E-state index contributed by atoms with van der Waals surface area (Å²) in [5, 5.41) is 2.52. The number of hydrogen-bond acceptors (Lipinski definition) is 5. The molecule has 0 bridgehead atoms. The van der Waals surface area contributed by atoms with Gasteiger partial charge in [0.15, 0.2) is 6.61 Å². The molecule has 0 aliphatic carbocycles. The number of thioether (sulfide) groups is 1. The van der Waals surface area contributed by atoms with Crippen LogP contribution in [0.25, 0.3) is 6.08 Å². The van der Waals surface area contributed by atoms with Gasteiger partial charge in [0.1, 0.15) is 5.75 Å². The van der Waals surface area contributed by atoms with Gasteiger partial charge in [-0.2, -0.15) is 0 Å². The number of anilines is 1.